The first-order chi connectivity index (χ1) is 8.69. The lowest BCUT2D eigenvalue weighted by Crippen LogP contribution is -2.32. The summed E-state index contributed by atoms with van der Waals surface area (Å²) < 4.78 is 5.39. The Hall–Kier alpha value is -1.29. The SMILES string of the molecule is CCc1ccc(C(=O)NCC2CCCC(O)C2)o1. The van der Waals surface area contributed by atoms with E-state index in [1.807, 2.05) is 13.0 Å². The molecule has 1 amide bonds. The highest BCUT2D eigenvalue weighted by Crippen LogP contribution is 2.23. The van der Waals surface area contributed by atoms with Gasteiger partial charge in [0.15, 0.2) is 5.76 Å². The first kappa shape index (κ1) is 13.1. The van der Waals surface area contributed by atoms with Crippen LogP contribution in [0.4, 0.5) is 0 Å². The van der Waals surface area contributed by atoms with E-state index in [0.717, 1.165) is 37.9 Å². The molecule has 1 aliphatic rings. The van der Waals surface area contributed by atoms with Crippen molar-refractivity contribution in [2.75, 3.05) is 6.54 Å². The lowest BCUT2D eigenvalue weighted by Gasteiger charge is -2.25. The van der Waals surface area contributed by atoms with Crippen molar-refractivity contribution >= 4 is 5.91 Å². The minimum Gasteiger partial charge on any atom is -0.456 e. The molecule has 1 aliphatic carbocycles. The number of hydrogen-bond donors (Lipinski definition) is 2. The molecule has 1 aromatic heterocycles. The van der Waals surface area contributed by atoms with Gasteiger partial charge in [-0.15, -0.1) is 0 Å². The summed E-state index contributed by atoms with van der Waals surface area (Å²) in [5.74, 6) is 1.43. The minimum absolute atomic E-state index is 0.158. The molecule has 1 heterocycles. The molecule has 2 rings (SSSR count). The quantitative estimate of drug-likeness (QED) is 0.861. The van der Waals surface area contributed by atoms with Crippen molar-refractivity contribution in [2.45, 2.75) is 45.1 Å². The Kier molecular flexibility index (Phi) is 4.42. The fraction of sp³-hybridized carbons (Fsp3) is 0.643. The molecule has 2 atom stereocenters. The summed E-state index contributed by atoms with van der Waals surface area (Å²) in [5, 5.41) is 12.4. The van der Waals surface area contributed by atoms with Crippen LogP contribution in [0.25, 0.3) is 0 Å². The molecule has 0 saturated heterocycles. The van der Waals surface area contributed by atoms with Crippen LogP contribution < -0.4 is 5.32 Å². The normalized spacial score (nSPS) is 23.9. The van der Waals surface area contributed by atoms with Crippen molar-refractivity contribution in [3.05, 3.63) is 23.7 Å². The van der Waals surface area contributed by atoms with Gasteiger partial charge in [0, 0.05) is 13.0 Å². The number of furan rings is 1. The molecule has 100 valence electrons. The van der Waals surface area contributed by atoms with Crippen LogP contribution in [-0.4, -0.2) is 23.7 Å². The molecule has 4 nitrogen and oxygen atoms in total. The lowest BCUT2D eigenvalue weighted by atomic mass is 9.87. The van der Waals surface area contributed by atoms with Gasteiger partial charge in [0.25, 0.3) is 5.91 Å². The first-order valence-electron chi connectivity index (χ1n) is 6.74. The maximum Gasteiger partial charge on any atom is 0.287 e. The average Bonchev–Trinajstić information content (AvgIpc) is 2.85. The Morgan fingerprint density at radius 1 is 1.50 bits per heavy atom. The zero-order valence-corrected chi connectivity index (χ0v) is 10.8. The van der Waals surface area contributed by atoms with Gasteiger partial charge in [-0.25, -0.2) is 0 Å². The molecule has 1 saturated carbocycles. The number of hydrogen-bond acceptors (Lipinski definition) is 3. The van der Waals surface area contributed by atoms with Crippen LogP contribution in [0.1, 0.15) is 48.9 Å². The Bertz CT molecular complexity index is 399. The summed E-state index contributed by atoms with van der Waals surface area (Å²) in [7, 11) is 0. The van der Waals surface area contributed by atoms with Crippen molar-refractivity contribution in [2.24, 2.45) is 5.92 Å². The van der Waals surface area contributed by atoms with Crippen molar-refractivity contribution in [3.8, 4) is 0 Å². The Labute approximate surface area is 107 Å². The number of aliphatic hydroxyl groups is 1. The van der Waals surface area contributed by atoms with Gasteiger partial charge in [-0.2, -0.15) is 0 Å². The topological polar surface area (TPSA) is 62.5 Å². The summed E-state index contributed by atoms with van der Waals surface area (Å²) in [5.41, 5.74) is 0. The number of aryl methyl sites for hydroxylation is 1. The van der Waals surface area contributed by atoms with Crippen LogP contribution in [0.2, 0.25) is 0 Å². The van der Waals surface area contributed by atoms with E-state index >= 15 is 0 Å². The molecule has 18 heavy (non-hydrogen) atoms. The van der Waals surface area contributed by atoms with Crippen LogP contribution in [0, 0.1) is 5.92 Å². The summed E-state index contributed by atoms with van der Waals surface area (Å²) >= 11 is 0. The fourth-order valence-corrected chi connectivity index (χ4v) is 2.46. The third-order valence-corrected chi connectivity index (χ3v) is 3.54. The van der Waals surface area contributed by atoms with Crippen LogP contribution >= 0.6 is 0 Å². The summed E-state index contributed by atoms with van der Waals surface area (Å²) in [4.78, 5) is 11.8. The van der Waals surface area contributed by atoms with E-state index in [2.05, 4.69) is 5.32 Å². The lowest BCUT2D eigenvalue weighted by molar-refractivity contribution is 0.0852. The monoisotopic (exact) mass is 251 g/mol. The molecule has 0 bridgehead atoms. The number of carbonyl (C=O) groups excluding carboxylic acids is 1. The van der Waals surface area contributed by atoms with Gasteiger partial charge in [0.1, 0.15) is 5.76 Å². The van der Waals surface area contributed by atoms with Crippen molar-refractivity contribution in [1.29, 1.82) is 0 Å². The largest absolute Gasteiger partial charge is 0.456 e. The molecular formula is C14H21NO3. The van der Waals surface area contributed by atoms with Gasteiger partial charge in [-0.3, -0.25) is 4.79 Å². The molecule has 4 heteroatoms. The van der Waals surface area contributed by atoms with Crippen LogP contribution in [0.3, 0.4) is 0 Å². The number of nitrogens with one attached hydrogen (secondary N) is 1. The van der Waals surface area contributed by atoms with Gasteiger partial charge in [0.05, 0.1) is 6.10 Å². The second-order valence-corrected chi connectivity index (χ2v) is 5.02. The standard InChI is InChI=1S/C14H21NO3/c1-2-12-6-7-13(18-12)14(17)15-9-10-4-3-5-11(16)8-10/h6-7,10-11,16H,2-5,8-9H2,1H3,(H,15,17). The van der Waals surface area contributed by atoms with Crippen LogP contribution in [0.15, 0.2) is 16.5 Å². The number of aliphatic hydroxyl groups excluding tert-OH is 1. The number of amides is 1. The number of carbonyl (C=O) groups is 1. The highest BCUT2D eigenvalue weighted by molar-refractivity contribution is 5.91. The maximum absolute atomic E-state index is 11.8. The van der Waals surface area contributed by atoms with E-state index in [4.69, 9.17) is 4.42 Å². The van der Waals surface area contributed by atoms with E-state index in [0.29, 0.717) is 18.2 Å². The van der Waals surface area contributed by atoms with Crippen LogP contribution in [-0.2, 0) is 6.42 Å². The van der Waals surface area contributed by atoms with E-state index in [9.17, 15) is 9.90 Å². The third kappa shape index (κ3) is 3.35. The fourth-order valence-electron chi connectivity index (χ4n) is 2.46. The molecule has 0 spiro atoms. The van der Waals surface area contributed by atoms with E-state index in [1.165, 1.54) is 0 Å². The smallest absolute Gasteiger partial charge is 0.287 e. The van der Waals surface area contributed by atoms with Gasteiger partial charge in [-0.05, 0) is 37.3 Å². The summed E-state index contributed by atoms with van der Waals surface area (Å²) in [6.07, 6.45) is 4.40. The van der Waals surface area contributed by atoms with Gasteiger partial charge in [0.2, 0.25) is 0 Å². The van der Waals surface area contributed by atoms with Crippen molar-refractivity contribution < 1.29 is 14.3 Å². The van der Waals surface area contributed by atoms with E-state index in [1.54, 1.807) is 6.07 Å². The molecule has 2 unspecified atom stereocenters. The van der Waals surface area contributed by atoms with E-state index in [-0.39, 0.29) is 12.0 Å². The van der Waals surface area contributed by atoms with Gasteiger partial charge in [-0.1, -0.05) is 13.3 Å². The highest BCUT2D eigenvalue weighted by atomic mass is 16.3. The third-order valence-electron chi connectivity index (χ3n) is 3.54. The molecule has 1 fully saturated rings. The second-order valence-electron chi connectivity index (χ2n) is 5.02. The molecule has 1 aromatic rings. The maximum atomic E-state index is 11.8. The highest BCUT2D eigenvalue weighted by Gasteiger charge is 2.21. The van der Waals surface area contributed by atoms with Gasteiger partial charge < -0.3 is 14.8 Å². The predicted molar refractivity (Wildman–Crippen MR) is 68.4 cm³/mol. The molecule has 0 aliphatic heterocycles. The first-order valence-corrected chi connectivity index (χ1v) is 6.74. The zero-order valence-electron chi connectivity index (χ0n) is 10.8. The number of rotatable bonds is 4. The molecule has 0 aromatic carbocycles. The second kappa shape index (κ2) is 6.05. The van der Waals surface area contributed by atoms with E-state index < -0.39 is 0 Å². The van der Waals surface area contributed by atoms with Crippen molar-refractivity contribution in [1.82, 2.24) is 5.32 Å². The molecule has 2 N–H and O–H groups in total. The Balaban J connectivity index is 1.80. The minimum atomic E-state index is -0.198. The van der Waals surface area contributed by atoms with Gasteiger partial charge >= 0.3 is 0 Å². The Morgan fingerprint density at radius 2 is 2.33 bits per heavy atom. The zero-order chi connectivity index (χ0) is 13.0. The summed E-state index contributed by atoms with van der Waals surface area (Å²) in [6.45, 7) is 2.61. The summed E-state index contributed by atoms with van der Waals surface area (Å²) in [6, 6.07) is 3.54. The Morgan fingerprint density at radius 3 is 3.00 bits per heavy atom. The molecular weight excluding hydrogens is 230 g/mol. The predicted octanol–water partition coefficient (Wildman–Crippen LogP) is 2.12. The molecule has 0 radical (unpaired) electrons. The van der Waals surface area contributed by atoms with Crippen LogP contribution in [0.5, 0.6) is 0 Å². The average molecular weight is 251 g/mol. The van der Waals surface area contributed by atoms with Crippen molar-refractivity contribution in [3.63, 3.8) is 0 Å².